The van der Waals surface area contributed by atoms with E-state index < -0.39 is 0 Å². The zero-order valence-corrected chi connectivity index (χ0v) is 13.0. The van der Waals surface area contributed by atoms with Gasteiger partial charge < -0.3 is 14.2 Å². The molecule has 0 radical (unpaired) electrons. The van der Waals surface area contributed by atoms with Gasteiger partial charge in [0.2, 0.25) is 0 Å². The number of hydrogen-bond acceptors (Lipinski definition) is 4. The summed E-state index contributed by atoms with van der Waals surface area (Å²) in [4.78, 5) is 23.7. The predicted octanol–water partition coefficient (Wildman–Crippen LogP) is 2.16. The zero-order valence-electron chi connectivity index (χ0n) is 13.0. The van der Waals surface area contributed by atoms with E-state index in [2.05, 4.69) is 14.5 Å². The number of ether oxygens (including phenoxy) is 1. The number of carbonyl (C=O) groups excluding carboxylic acids is 1. The minimum absolute atomic E-state index is 0.0608. The summed E-state index contributed by atoms with van der Waals surface area (Å²) in [6.45, 7) is 1.38. The van der Waals surface area contributed by atoms with Gasteiger partial charge in [0.1, 0.15) is 5.52 Å². The average Bonchev–Trinajstić information content (AvgIpc) is 3.35. The third-order valence-corrected chi connectivity index (χ3v) is 5.54. The van der Waals surface area contributed by atoms with Crippen LogP contribution in [0.5, 0.6) is 0 Å². The number of likely N-dealkylation sites (tertiary alicyclic amines) is 1. The Kier molecular flexibility index (Phi) is 2.95. The average molecular weight is 312 g/mol. The molecule has 3 fully saturated rings. The summed E-state index contributed by atoms with van der Waals surface area (Å²) in [5.74, 6) is 0.0608. The summed E-state index contributed by atoms with van der Waals surface area (Å²) in [5.41, 5.74) is 2.37. The van der Waals surface area contributed by atoms with E-state index in [1.807, 2.05) is 17.3 Å². The molecule has 4 heterocycles. The fourth-order valence-electron chi connectivity index (χ4n) is 4.30. The molecule has 6 heteroatoms. The van der Waals surface area contributed by atoms with Crippen molar-refractivity contribution in [2.24, 2.45) is 0 Å². The highest BCUT2D eigenvalue weighted by Crippen LogP contribution is 2.32. The lowest BCUT2D eigenvalue weighted by Gasteiger charge is -2.26. The van der Waals surface area contributed by atoms with Crippen molar-refractivity contribution in [3.63, 3.8) is 0 Å². The van der Waals surface area contributed by atoms with Gasteiger partial charge in [-0.15, -0.1) is 0 Å². The largest absolute Gasteiger partial charge is 0.374 e. The highest BCUT2D eigenvalue weighted by Gasteiger charge is 2.41. The van der Waals surface area contributed by atoms with E-state index in [1.54, 1.807) is 6.20 Å². The van der Waals surface area contributed by atoms with Crippen LogP contribution in [0.25, 0.3) is 11.2 Å². The van der Waals surface area contributed by atoms with Crippen molar-refractivity contribution in [2.75, 3.05) is 13.2 Å². The molecule has 0 N–H and O–H groups in total. The summed E-state index contributed by atoms with van der Waals surface area (Å²) < 4.78 is 7.76. The van der Waals surface area contributed by atoms with E-state index in [1.165, 1.54) is 25.7 Å². The van der Waals surface area contributed by atoms with Gasteiger partial charge in [-0.3, -0.25) is 4.79 Å². The number of morpholine rings is 1. The predicted molar refractivity (Wildman–Crippen MR) is 84.2 cm³/mol. The topological polar surface area (TPSA) is 60.2 Å². The Balaban J connectivity index is 1.45. The molecular weight excluding hydrogens is 292 g/mol. The van der Waals surface area contributed by atoms with E-state index in [0.717, 1.165) is 17.6 Å². The molecule has 0 spiro atoms. The SMILES string of the molecule is O=C(c1cnc2c(c1)ncn2C1CCCC1)N1C[C@H]2C[C@@H]1CO2. The van der Waals surface area contributed by atoms with Gasteiger partial charge in [-0.2, -0.15) is 0 Å². The van der Waals surface area contributed by atoms with Crippen LogP contribution in [0.2, 0.25) is 0 Å². The maximum Gasteiger partial charge on any atom is 0.255 e. The van der Waals surface area contributed by atoms with Crippen molar-refractivity contribution in [2.45, 2.75) is 50.3 Å². The van der Waals surface area contributed by atoms with E-state index in [0.29, 0.717) is 24.8 Å². The van der Waals surface area contributed by atoms with Gasteiger partial charge >= 0.3 is 0 Å². The molecule has 2 atom stereocenters. The lowest BCUT2D eigenvalue weighted by atomic mass is 10.2. The first kappa shape index (κ1) is 13.5. The molecule has 1 saturated carbocycles. The van der Waals surface area contributed by atoms with Crippen LogP contribution in [0, 0.1) is 0 Å². The maximum absolute atomic E-state index is 12.7. The Hall–Kier alpha value is -1.95. The van der Waals surface area contributed by atoms with Crippen LogP contribution in [0.4, 0.5) is 0 Å². The van der Waals surface area contributed by atoms with Gasteiger partial charge in [-0.05, 0) is 25.3 Å². The summed E-state index contributed by atoms with van der Waals surface area (Å²) in [6.07, 6.45) is 9.74. The second-order valence-electron chi connectivity index (χ2n) is 6.96. The molecule has 2 bridgehead atoms. The van der Waals surface area contributed by atoms with Crippen molar-refractivity contribution in [1.29, 1.82) is 0 Å². The van der Waals surface area contributed by atoms with Gasteiger partial charge in [-0.25, -0.2) is 9.97 Å². The molecule has 2 aromatic rings. The molecule has 0 aromatic carbocycles. The molecule has 5 rings (SSSR count). The van der Waals surface area contributed by atoms with E-state index >= 15 is 0 Å². The van der Waals surface area contributed by atoms with Crippen LogP contribution in [-0.4, -0.2) is 50.6 Å². The van der Waals surface area contributed by atoms with Crippen molar-refractivity contribution < 1.29 is 9.53 Å². The van der Waals surface area contributed by atoms with E-state index in [4.69, 9.17) is 4.74 Å². The minimum atomic E-state index is 0.0608. The number of rotatable bonds is 2. The first-order valence-corrected chi connectivity index (χ1v) is 8.55. The number of pyridine rings is 1. The van der Waals surface area contributed by atoms with Crippen LogP contribution in [-0.2, 0) is 4.74 Å². The Morgan fingerprint density at radius 2 is 2.09 bits per heavy atom. The second kappa shape index (κ2) is 5.03. The molecule has 1 amide bonds. The number of imidazole rings is 1. The Bertz CT molecular complexity index is 765. The second-order valence-corrected chi connectivity index (χ2v) is 6.96. The lowest BCUT2D eigenvalue weighted by Crippen LogP contribution is -2.41. The maximum atomic E-state index is 12.7. The summed E-state index contributed by atoms with van der Waals surface area (Å²) in [5, 5.41) is 0. The normalized spacial score (nSPS) is 27.4. The van der Waals surface area contributed by atoms with Gasteiger partial charge in [0.15, 0.2) is 5.65 Å². The number of nitrogens with zero attached hydrogens (tertiary/aromatic N) is 4. The Morgan fingerprint density at radius 3 is 2.83 bits per heavy atom. The molecule has 0 unspecified atom stereocenters. The summed E-state index contributed by atoms with van der Waals surface area (Å²) in [7, 11) is 0. The van der Waals surface area contributed by atoms with Crippen LogP contribution in [0.3, 0.4) is 0 Å². The monoisotopic (exact) mass is 312 g/mol. The van der Waals surface area contributed by atoms with E-state index in [-0.39, 0.29) is 18.1 Å². The number of fused-ring (bicyclic) bond motifs is 3. The molecule has 6 nitrogen and oxygen atoms in total. The van der Waals surface area contributed by atoms with Crippen molar-refractivity contribution in [3.8, 4) is 0 Å². The molecule has 23 heavy (non-hydrogen) atoms. The number of amides is 1. The fraction of sp³-hybridized carbons (Fsp3) is 0.588. The summed E-state index contributed by atoms with van der Waals surface area (Å²) in [6, 6.07) is 2.64. The third-order valence-electron chi connectivity index (χ3n) is 5.54. The lowest BCUT2D eigenvalue weighted by molar-refractivity contribution is 0.0259. The number of hydrogen-bond donors (Lipinski definition) is 0. The zero-order chi connectivity index (χ0) is 15.4. The van der Waals surface area contributed by atoms with Crippen molar-refractivity contribution >= 4 is 17.1 Å². The fourth-order valence-corrected chi connectivity index (χ4v) is 4.30. The molecular formula is C17H20N4O2. The van der Waals surface area contributed by atoms with Gasteiger partial charge in [-0.1, -0.05) is 12.8 Å². The Morgan fingerprint density at radius 1 is 1.22 bits per heavy atom. The molecule has 2 aromatic heterocycles. The van der Waals surface area contributed by atoms with E-state index in [9.17, 15) is 4.79 Å². The molecule has 2 saturated heterocycles. The quantitative estimate of drug-likeness (QED) is 0.852. The van der Waals surface area contributed by atoms with Gasteiger partial charge in [0, 0.05) is 18.8 Å². The molecule has 1 aliphatic carbocycles. The molecule has 2 aliphatic heterocycles. The number of carbonyl (C=O) groups is 1. The van der Waals surface area contributed by atoms with Crippen molar-refractivity contribution in [3.05, 3.63) is 24.2 Å². The van der Waals surface area contributed by atoms with Crippen molar-refractivity contribution in [1.82, 2.24) is 19.4 Å². The highest BCUT2D eigenvalue weighted by molar-refractivity contribution is 5.96. The molecule has 120 valence electrons. The summed E-state index contributed by atoms with van der Waals surface area (Å²) >= 11 is 0. The van der Waals surface area contributed by atoms with Crippen LogP contribution in [0.1, 0.15) is 48.5 Å². The first-order valence-electron chi connectivity index (χ1n) is 8.55. The van der Waals surface area contributed by atoms with Crippen LogP contribution < -0.4 is 0 Å². The highest BCUT2D eigenvalue weighted by atomic mass is 16.5. The Labute approximate surface area is 134 Å². The molecule has 3 aliphatic rings. The first-order chi connectivity index (χ1) is 11.3. The smallest absolute Gasteiger partial charge is 0.255 e. The number of aromatic nitrogens is 3. The standard InChI is InChI=1S/C17H20N4O2/c22-17(20-8-14-6-13(20)9-23-14)11-5-15-16(18-7-11)21(10-19-15)12-3-1-2-4-12/h5,7,10,12-14H,1-4,6,8-9H2/t13-,14-/m1/s1. The third kappa shape index (κ3) is 2.08. The van der Waals surface area contributed by atoms with Gasteiger partial charge in [0.25, 0.3) is 5.91 Å². The minimum Gasteiger partial charge on any atom is -0.374 e. The van der Waals surface area contributed by atoms with Gasteiger partial charge in [0.05, 0.1) is 30.6 Å². The van der Waals surface area contributed by atoms with Crippen LogP contribution >= 0.6 is 0 Å². The van der Waals surface area contributed by atoms with Crippen LogP contribution in [0.15, 0.2) is 18.6 Å².